The molecule has 0 amide bonds. The number of hydrogen-bond donors (Lipinski definition) is 0. The van der Waals surface area contributed by atoms with Gasteiger partial charge in [0.05, 0.1) is 13.3 Å². The van der Waals surface area contributed by atoms with Crippen LogP contribution < -0.4 is 4.74 Å². The van der Waals surface area contributed by atoms with Gasteiger partial charge < -0.3 is 4.74 Å². The van der Waals surface area contributed by atoms with Crippen molar-refractivity contribution in [3.63, 3.8) is 0 Å². The zero-order valence-corrected chi connectivity index (χ0v) is 11.7. The predicted molar refractivity (Wildman–Crippen MR) is 71.1 cm³/mol. The summed E-state index contributed by atoms with van der Waals surface area (Å²) in [4.78, 5) is 0. The van der Waals surface area contributed by atoms with Gasteiger partial charge in [0.25, 0.3) is 0 Å². The minimum absolute atomic E-state index is 0.858. The van der Waals surface area contributed by atoms with E-state index in [1.807, 2.05) is 4.68 Å². The van der Waals surface area contributed by atoms with Gasteiger partial charge >= 0.3 is 0 Å². The van der Waals surface area contributed by atoms with E-state index in [9.17, 15) is 0 Å². The number of rotatable bonds is 6. The fourth-order valence-corrected chi connectivity index (χ4v) is 1.89. The Labute approximate surface area is 106 Å². The van der Waals surface area contributed by atoms with Crippen molar-refractivity contribution in [2.24, 2.45) is 0 Å². The van der Waals surface area contributed by atoms with E-state index in [2.05, 4.69) is 41.0 Å². The van der Waals surface area contributed by atoms with E-state index in [4.69, 9.17) is 4.74 Å². The minimum atomic E-state index is 0.858. The maximum atomic E-state index is 5.34. The van der Waals surface area contributed by atoms with Gasteiger partial charge in [-0.1, -0.05) is 28.9 Å². The summed E-state index contributed by atoms with van der Waals surface area (Å²) >= 11 is 3.43. The van der Waals surface area contributed by atoms with Gasteiger partial charge in [-0.15, -0.1) is 0 Å². The Hall–Kier alpha value is -0.770. The highest BCUT2D eigenvalue weighted by Gasteiger charge is 2.12. The van der Waals surface area contributed by atoms with Crippen LogP contribution in [0.1, 0.15) is 32.4 Å². The first-order valence-corrected chi connectivity index (χ1v) is 6.69. The number of alkyl halides is 1. The van der Waals surface area contributed by atoms with Gasteiger partial charge in [0.1, 0.15) is 5.69 Å². The third-order valence-corrected chi connectivity index (χ3v) is 2.85. The molecule has 0 bridgehead atoms. The van der Waals surface area contributed by atoms with Gasteiger partial charge in [0.2, 0.25) is 0 Å². The monoisotopic (exact) mass is 286 g/mol. The second-order valence-corrected chi connectivity index (χ2v) is 4.44. The van der Waals surface area contributed by atoms with E-state index in [-0.39, 0.29) is 0 Å². The Kier molecular flexibility index (Phi) is 5.60. The van der Waals surface area contributed by atoms with Crippen LogP contribution in [0.5, 0.6) is 5.75 Å². The Morgan fingerprint density at radius 3 is 2.94 bits per heavy atom. The maximum Gasteiger partial charge on any atom is 0.164 e. The molecule has 0 aliphatic rings. The number of halogens is 1. The average molecular weight is 287 g/mol. The molecule has 0 aliphatic heterocycles. The van der Waals surface area contributed by atoms with Crippen molar-refractivity contribution < 1.29 is 4.74 Å². The SMILES string of the molecule is CCCn1ncc(OC)c1C(C)=CCCBr. The molecule has 16 heavy (non-hydrogen) atoms. The first kappa shape index (κ1) is 13.3. The van der Waals surface area contributed by atoms with E-state index in [0.717, 1.165) is 36.2 Å². The molecule has 0 unspecified atom stereocenters. The van der Waals surface area contributed by atoms with Crippen LogP contribution >= 0.6 is 15.9 Å². The van der Waals surface area contributed by atoms with Crippen molar-refractivity contribution >= 4 is 21.5 Å². The van der Waals surface area contributed by atoms with Gasteiger partial charge in [-0.25, -0.2) is 0 Å². The van der Waals surface area contributed by atoms with Crippen molar-refractivity contribution in [2.45, 2.75) is 33.2 Å². The molecule has 1 heterocycles. The second-order valence-electron chi connectivity index (χ2n) is 3.65. The summed E-state index contributed by atoms with van der Waals surface area (Å²) in [6.45, 7) is 5.18. The van der Waals surface area contributed by atoms with Crippen molar-refractivity contribution in [1.82, 2.24) is 9.78 Å². The second kappa shape index (κ2) is 6.74. The molecular formula is C12H19BrN2O. The molecule has 0 aromatic carbocycles. The Morgan fingerprint density at radius 2 is 2.38 bits per heavy atom. The lowest BCUT2D eigenvalue weighted by Gasteiger charge is -2.08. The van der Waals surface area contributed by atoms with E-state index in [1.165, 1.54) is 5.57 Å². The van der Waals surface area contributed by atoms with Gasteiger partial charge in [0, 0.05) is 11.9 Å². The topological polar surface area (TPSA) is 27.1 Å². The van der Waals surface area contributed by atoms with E-state index >= 15 is 0 Å². The zero-order valence-electron chi connectivity index (χ0n) is 10.2. The summed E-state index contributed by atoms with van der Waals surface area (Å²) in [6.07, 6.45) is 6.09. The van der Waals surface area contributed by atoms with Crippen LogP contribution in [-0.4, -0.2) is 22.2 Å². The molecule has 1 aromatic heterocycles. The molecule has 1 aromatic rings. The number of aryl methyl sites for hydroxylation is 1. The highest BCUT2D eigenvalue weighted by molar-refractivity contribution is 9.09. The molecule has 0 spiro atoms. The lowest BCUT2D eigenvalue weighted by Crippen LogP contribution is -2.03. The van der Waals surface area contributed by atoms with Crippen LogP contribution in [0.25, 0.3) is 5.57 Å². The third kappa shape index (κ3) is 3.11. The number of hydrogen-bond acceptors (Lipinski definition) is 2. The predicted octanol–water partition coefficient (Wildman–Crippen LogP) is 3.49. The Bertz CT molecular complexity index is 358. The highest BCUT2D eigenvalue weighted by Crippen LogP contribution is 2.26. The summed E-state index contributed by atoms with van der Waals surface area (Å²) in [6, 6.07) is 0. The van der Waals surface area contributed by atoms with E-state index in [1.54, 1.807) is 13.3 Å². The van der Waals surface area contributed by atoms with Gasteiger partial charge in [-0.2, -0.15) is 5.10 Å². The summed E-state index contributed by atoms with van der Waals surface area (Å²) in [5.74, 6) is 0.858. The van der Waals surface area contributed by atoms with E-state index in [0.29, 0.717) is 0 Å². The number of ether oxygens (including phenoxy) is 1. The molecular weight excluding hydrogens is 268 g/mol. The molecule has 0 radical (unpaired) electrons. The molecule has 3 nitrogen and oxygen atoms in total. The smallest absolute Gasteiger partial charge is 0.164 e. The lowest BCUT2D eigenvalue weighted by atomic mass is 10.1. The number of aromatic nitrogens is 2. The van der Waals surface area contributed by atoms with Crippen LogP contribution in [0.4, 0.5) is 0 Å². The molecule has 90 valence electrons. The van der Waals surface area contributed by atoms with Crippen LogP contribution in [0.15, 0.2) is 12.3 Å². The summed E-state index contributed by atoms with van der Waals surface area (Å²) in [5.41, 5.74) is 2.33. The summed E-state index contributed by atoms with van der Waals surface area (Å²) in [7, 11) is 1.69. The number of methoxy groups -OCH3 is 1. The molecule has 0 fully saturated rings. The third-order valence-electron chi connectivity index (χ3n) is 2.39. The highest BCUT2D eigenvalue weighted by atomic mass is 79.9. The van der Waals surface area contributed by atoms with Gasteiger partial charge in [-0.05, 0) is 25.3 Å². The first-order chi connectivity index (χ1) is 7.74. The van der Waals surface area contributed by atoms with Crippen molar-refractivity contribution in [3.8, 4) is 5.75 Å². The summed E-state index contributed by atoms with van der Waals surface area (Å²) in [5, 5.41) is 5.33. The average Bonchev–Trinajstić information content (AvgIpc) is 2.69. The van der Waals surface area contributed by atoms with E-state index < -0.39 is 0 Å². The normalized spacial score (nSPS) is 11.9. The number of nitrogens with zero attached hydrogens (tertiary/aromatic N) is 2. The van der Waals surface area contributed by atoms with Crippen LogP contribution in [-0.2, 0) is 6.54 Å². The fraction of sp³-hybridized carbons (Fsp3) is 0.583. The van der Waals surface area contributed by atoms with Crippen molar-refractivity contribution in [3.05, 3.63) is 18.0 Å². The molecule has 0 aliphatic carbocycles. The first-order valence-electron chi connectivity index (χ1n) is 5.57. The largest absolute Gasteiger partial charge is 0.493 e. The maximum absolute atomic E-state index is 5.34. The lowest BCUT2D eigenvalue weighted by molar-refractivity contribution is 0.412. The standard InChI is InChI=1S/C12H19BrN2O/c1-4-8-15-12(10(2)6-5-7-13)11(16-3)9-14-15/h6,9H,4-5,7-8H2,1-3H3. The molecule has 0 N–H and O–H groups in total. The quantitative estimate of drug-likeness (QED) is 0.749. The van der Waals surface area contributed by atoms with Crippen LogP contribution in [0.3, 0.4) is 0 Å². The molecule has 1 rings (SSSR count). The fourth-order valence-electron chi connectivity index (χ4n) is 1.66. The molecule has 0 saturated carbocycles. The van der Waals surface area contributed by atoms with Crippen LogP contribution in [0, 0.1) is 0 Å². The zero-order chi connectivity index (χ0) is 12.0. The van der Waals surface area contributed by atoms with Gasteiger partial charge in [-0.3, -0.25) is 4.68 Å². The molecule has 4 heteroatoms. The Morgan fingerprint density at radius 1 is 1.62 bits per heavy atom. The number of allylic oxidation sites excluding steroid dienone is 2. The van der Waals surface area contributed by atoms with Gasteiger partial charge in [0.15, 0.2) is 5.75 Å². The molecule has 0 saturated heterocycles. The van der Waals surface area contributed by atoms with Crippen molar-refractivity contribution in [2.75, 3.05) is 12.4 Å². The minimum Gasteiger partial charge on any atom is -0.493 e. The van der Waals surface area contributed by atoms with Crippen molar-refractivity contribution in [1.29, 1.82) is 0 Å². The Balaban J connectivity index is 3.02. The molecule has 0 atom stereocenters. The summed E-state index contributed by atoms with van der Waals surface area (Å²) < 4.78 is 7.35. The van der Waals surface area contributed by atoms with Crippen LogP contribution in [0.2, 0.25) is 0 Å².